The number of carboxylic acid groups (broad SMARTS) is 1. The fraction of sp³-hybridized carbons (Fsp3) is 0.167. The molecule has 0 saturated carbocycles. The maximum atomic E-state index is 12.0. The summed E-state index contributed by atoms with van der Waals surface area (Å²) in [7, 11) is 3.06. The Kier molecular flexibility index (Phi) is 6.11. The standard InChI is InChI=1S/C18H18N2O5/c1-24-15-8-7-12(9-16(15)25-2)10-17(21)20-19-11-13-5-3-4-6-14(13)18(22)23/h3-9,11H,10H2,1-2H3,(H,20,21)(H,22,23)/b19-11+. The molecule has 0 aliphatic carbocycles. The highest BCUT2D eigenvalue weighted by Gasteiger charge is 2.09. The van der Waals surface area contributed by atoms with Gasteiger partial charge in [0.25, 0.3) is 0 Å². The van der Waals surface area contributed by atoms with Crippen molar-refractivity contribution in [2.45, 2.75) is 6.42 Å². The molecule has 25 heavy (non-hydrogen) atoms. The van der Waals surface area contributed by atoms with E-state index in [0.29, 0.717) is 17.1 Å². The van der Waals surface area contributed by atoms with Gasteiger partial charge in [-0.05, 0) is 23.8 Å². The molecule has 1 amide bonds. The van der Waals surface area contributed by atoms with Gasteiger partial charge in [-0.1, -0.05) is 24.3 Å². The Morgan fingerprint density at radius 3 is 2.52 bits per heavy atom. The molecule has 7 nitrogen and oxygen atoms in total. The van der Waals surface area contributed by atoms with Gasteiger partial charge in [0.1, 0.15) is 0 Å². The van der Waals surface area contributed by atoms with Crippen LogP contribution < -0.4 is 14.9 Å². The molecular formula is C18H18N2O5. The number of hydrogen-bond acceptors (Lipinski definition) is 5. The highest BCUT2D eigenvalue weighted by Crippen LogP contribution is 2.27. The molecule has 0 radical (unpaired) electrons. The zero-order valence-electron chi connectivity index (χ0n) is 13.9. The smallest absolute Gasteiger partial charge is 0.336 e. The number of benzene rings is 2. The van der Waals surface area contributed by atoms with Gasteiger partial charge in [0.2, 0.25) is 5.91 Å². The Labute approximate surface area is 144 Å². The number of nitrogens with one attached hydrogen (secondary N) is 1. The monoisotopic (exact) mass is 342 g/mol. The third kappa shape index (κ3) is 4.81. The van der Waals surface area contributed by atoms with Crippen molar-refractivity contribution in [3.8, 4) is 11.5 Å². The molecule has 0 atom stereocenters. The molecule has 7 heteroatoms. The number of methoxy groups -OCH3 is 2. The summed E-state index contributed by atoms with van der Waals surface area (Å²) in [4.78, 5) is 23.1. The molecule has 2 rings (SSSR count). The lowest BCUT2D eigenvalue weighted by Gasteiger charge is -2.09. The van der Waals surface area contributed by atoms with E-state index in [4.69, 9.17) is 14.6 Å². The number of hydrogen-bond donors (Lipinski definition) is 2. The Hall–Kier alpha value is -3.35. The first-order chi connectivity index (χ1) is 12.0. The fourth-order valence-corrected chi connectivity index (χ4v) is 2.19. The number of carboxylic acids is 1. The van der Waals surface area contributed by atoms with Crippen molar-refractivity contribution in [1.29, 1.82) is 0 Å². The number of rotatable bonds is 7. The van der Waals surface area contributed by atoms with Crippen LogP contribution in [0.15, 0.2) is 47.6 Å². The Morgan fingerprint density at radius 2 is 1.84 bits per heavy atom. The molecule has 0 unspecified atom stereocenters. The molecular weight excluding hydrogens is 324 g/mol. The van der Waals surface area contributed by atoms with Gasteiger partial charge in [0.15, 0.2) is 11.5 Å². The first-order valence-electron chi connectivity index (χ1n) is 7.40. The Balaban J connectivity index is 2.01. The maximum Gasteiger partial charge on any atom is 0.336 e. The largest absolute Gasteiger partial charge is 0.493 e. The summed E-state index contributed by atoms with van der Waals surface area (Å²) in [5.41, 5.74) is 3.63. The van der Waals surface area contributed by atoms with Crippen LogP contribution in [0.5, 0.6) is 11.5 Å². The second kappa shape index (κ2) is 8.49. The van der Waals surface area contributed by atoms with Gasteiger partial charge >= 0.3 is 5.97 Å². The van der Waals surface area contributed by atoms with Crippen molar-refractivity contribution in [1.82, 2.24) is 5.43 Å². The Bertz CT molecular complexity index is 802. The lowest BCUT2D eigenvalue weighted by molar-refractivity contribution is -0.120. The first-order valence-corrected chi connectivity index (χ1v) is 7.40. The van der Waals surface area contributed by atoms with Crippen molar-refractivity contribution in [3.63, 3.8) is 0 Å². The highest BCUT2D eigenvalue weighted by molar-refractivity contribution is 5.98. The molecule has 2 aromatic carbocycles. The van der Waals surface area contributed by atoms with Crippen LogP contribution in [0.1, 0.15) is 21.5 Å². The SMILES string of the molecule is COc1ccc(CC(=O)N/N=C/c2ccccc2C(=O)O)cc1OC. The molecule has 2 aromatic rings. The van der Waals surface area contributed by atoms with Gasteiger partial charge in [-0.15, -0.1) is 0 Å². The minimum atomic E-state index is -1.06. The number of nitrogens with zero attached hydrogens (tertiary/aromatic N) is 1. The first kappa shape index (κ1) is 18.0. The number of hydrazone groups is 1. The van der Waals surface area contributed by atoms with Gasteiger partial charge in [-0.3, -0.25) is 4.79 Å². The number of amides is 1. The van der Waals surface area contributed by atoms with Gasteiger partial charge in [0, 0.05) is 5.56 Å². The molecule has 0 bridgehead atoms. The third-order valence-corrected chi connectivity index (χ3v) is 3.40. The van der Waals surface area contributed by atoms with Crippen LogP contribution in [0.25, 0.3) is 0 Å². The summed E-state index contributed by atoms with van der Waals surface area (Å²) < 4.78 is 10.3. The van der Waals surface area contributed by atoms with Crippen molar-refractivity contribution in [2.75, 3.05) is 14.2 Å². The summed E-state index contributed by atoms with van der Waals surface area (Å²) >= 11 is 0. The van der Waals surface area contributed by atoms with Crippen LogP contribution >= 0.6 is 0 Å². The molecule has 0 heterocycles. The lowest BCUT2D eigenvalue weighted by atomic mass is 10.1. The number of aromatic carboxylic acids is 1. The normalized spacial score (nSPS) is 10.5. The van der Waals surface area contributed by atoms with E-state index in [1.807, 2.05) is 0 Å². The quantitative estimate of drug-likeness (QED) is 0.593. The zero-order chi connectivity index (χ0) is 18.2. The molecule has 0 saturated heterocycles. The van der Waals surface area contributed by atoms with E-state index in [9.17, 15) is 9.59 Å². The highest BCUT2D eigenvalue weighted by atomic mass is 16.5. The third-order valence-electron chi connectivity index (χ3n) is 3.40. The van der Waals surface area contributed by atoms with Gasteiger partial charge in [-0.25, -0.2) is 10.2 Å². The van der Waals surface area contributed by atoms with Crippen LogP contribution in [0.2, 0.25) is 0 Å². The van der Waals surface area contributed by atoms with Gasteiger partial charge < -0.3 is 14.6 Å². The second-order valence-electron chi connectivity index (χ2n) is 5.05. The van der Waals surface area contributed by atoms with E-state index >= 15 is 0 Å². The van der Waals surface area contributed by atoms with E-state index in [-0.39, 0.29) is 17.9 Å². The van der Waals surface area contributed by atoms with E-state index in [2.05, 4.69) is 10.5 Å². The van der Waals surface area contributed by atoms with Gasteiger partial charge in [-0.2, -0.15) is 5.10 Å². The van der Waals surface area contributed by atoms with E-state index in [1.165, 1.54) is 26.5 Å². The topological polar surface area (TPSA) is 97.2 Å². The molecule has 0 aromatic heterocycles. The second-order valence-corrected chi connectivity index (χ2v) is 5.05. The molecule has 130 valence electrons. The van der Waals surface area contributed by atoms with Crippen molar-refractivity contribution >= 4 is 18.1 Å². The number of carbonyl (C=O) groups excluding carboxylic acids is 1. The van der Waals surface area contributed by atoms with Crippen LogP contribution in [0, 0.1) is 0 Å². The van der Waals surface area contributed by atoms with E-state index in [0.717, 1.165) is 5.56 Å². The van der Waals surface area contributed by atoms with Crippen LogP contribution in [-0.4, -0.2) is 37.4 Å². The molecule has 0 aliphatic rings. The minimum absolute atomic E-state index is 0.0955. The molecule has 0 fully saturated rings. The van der Waals surface area contributed by atoms with Crippen LogP contribution in [-0.2, 0) is 11.2 Å². The molecule has 0 aliphatic heterocycles. The molecule has 0 spiro atoms. The van der Waals surface area contributed by atoms with Crippen LogP contribution in [0.4, 0.5) is 0 Å². The van der Waals surface area contributed by atoms with E-state index < -0.39 is 5.97 Å². The van der Waals surface area contributed by atoms with E-state index in [1.54, 1.807) is 36.4 Å². The molecule has 2 N–H and O–H groups in total. The van der Waals surface area contributed by atoms with Crippen LogP contribution in [0.3, 0.4) is 0 Å². The van der Waals surface area contributed by atoms with Crippen molar-refractivity contribution in [3.05, 3.63) is 59.2 Å². The summed E-state index contributed by atoms with van der Waals surface area (Å²) in [6.07, 6.45) is 1.40. The summed E-state index contributed by atoms with van der Waals surface area (Å²) in [6.45, 7) is 0. The predicted molar refractivity (Wildman–Crippen MR) is 92.4 cm³/mol. The summed E-state index contributed by atoms with van der Waals surface area (Å²) in [6, 6.07) is 11.6. The predicted octanol–water partition coefficient (Wildman–Crippen LogP) is 2.09. The zero-order valence-corrected chi connectivity index (χ0v) is 13.9. The van der Waals surface area contributed by atoms with Crippen molar-refractivity contribution in [2.24, 2.45) is 5.10 Å². The average molecular weight is 342 g/mol. The Morgan fingerprint density at radius 1 is 1.12 bits per heavy atom. The van der Waals surface area contributed by atoms with Crippen molar-refractivity contribution < 1.29 is 24.2 Å². The lowest BCUT2D eigenvalue weighted by Crippen LogP contribution is -2.20. The minimum Gasteiger partial charge on any atom is -0.493 e. The fourth-order valence-electron chi connectivity index (χ4n) is 2.19. The number of ether oxygens (including phenoxy) is 2. The number of carbonyl (C=O) groups is 2. The summed E-state index contributed by atoms with van der Waals surface area (Å²) in [5.74, 6) is -0.281. The maximum absolute atomic E-state index is 12.0. The van der Waals surface area contributed by atoms with Gasteiger partial charge in [0.05, 0.1) is 32.4 Å². The average Bonchev–Trinajstić information content (AvgIpc) is 2.61. The summed E-state index contributed by atoms with van der Waals surface area (Å²) in [5, 5.41) is 12.9.